The fourth-order valence-electron chi connectivity index (χ4n) is 1.28. The Morgan fingerprint density at radius 3 is 2.33 bits per heavy atom. The predicted molar refractivity (Wildman–Crippen MR) is 69.8 cm³/mol. The van der Waals surface area contributed by atoms with Gasteiger partial charge >= 0.3 is 5.97 Å². The van der Waals surface area contributed by atoms with Crippen LogP contribution in [-0.4, -0.2) is 22.0 Å². The van der Waals surface area contributed by atoms with Crippen molar-refractivity contribution in [1.82, 2.24) is 10.3 Å². The second-order valence-corrected chi connectivity index (χ2v) is 6.25. The Labute approximate surface area is 110 Å². The molecule has 1 heterocycles. The summed E-state index contributed by atoms with van der Waals surface area (Å²) in [6.07, 6.45) is 0. The van der Waals surface area contributed by atoms with E-state index in [1.54, 1.807) is 13.8 Å². The largest absolute Gasteiger partial charge is 0.477 e. The highest BCUT2D eigenvalue weighted by atomic mass is 32.1. The SMILES string of the molecule is Cc1nc(C(C)NC(=O)C(C)(C)C)sc1C(=O)O. The number of thiazole rings is 1. The number of carbonyl (C=O) groups excluding carboxylic acids is 1. The Kier molecular flexibility index (Phi) is 4.11. The highest BCUT2D eigenvalue weighted by Gasteiger charge is 2.25. The van der Waals surface area contributed by atoms with Crippen molar-refractivity contribution in [1.29, 1.82) is 0 Å². The summed E-state index contributed by atoms with van der Waals surface area (Å²) in [5.74, 6) is -1.06. The highest BCUT2D eigenvalue weighted by Crippen LogP contribution is 2.24. The van der Waals surface area contributed by atoms with Gasteiger partial charge in [0.05, 0.1) is 11.7 Å². The number of carboxylic acid groups (broad SMARTS) is 1. The molecule has 0 bridgehead atoms. The van der Waals surface area contributed by atoms with Crippen molar-refractivity contribution in [2.45, 2.75) is 40.7 Å². The molecule has 0 saturated heterocycles. The summed E-state index contributed by atoms with van der Waals surface area (Å²) >= 11 is 1.10. The van der Waals surface area contributed by atoms with Gasteiger partial charge in [-0.2, -0.15) is 0 Å². The van der Waals surface area contributed by atoms with Crippen molar-refractivity contribution in [2.75, 3.05) is 0 Å². The zero-order valence-corrected chi connectivity index (χ0v) is 12.0. The molecule has 1 aromatic rings. The molecule has 1 atom stereocenters. The zero-order chi connectivity index (χ0) is 14.1. The molecule has 0 spiro atoms. The first kappa shape index (κ1) is 14.6. The van der Waals surface area contributed by atoms with Gasteiger partial charge in [-0.3, -0.25) is 4.79 Å². The van der Waals surface area contributed by atoms with Crippen LogP contribution in [0.4, 0.5) is 0 Å². The average molecular weight is 270 g/mol. The van der Waals surface area contributed by atoms with Crippen LogP contribution in [0.5, 0.6) is 0 Å². The van der Waals surface area contributed by atoms with Crippen LogP contribution in [0.3, 0.4) is 0 Å². The van der Waals surface area contributed by atoms with E-state index in [0.717, 1.165) is 11.3 Å². The maximum atomic E-state index is 11.8. The lowest BCUT2D eigenvalue weighted by molar-refractivity contribution is -0.129. The van der Waals surface area contributed by atoms with Gasteiger partial charge in [0.1, 0.15) is 9.88 Å². The number of aromatic carboxylic acids is 1. The van der Waals surface area contributed by atoms with Crippen LogP contribution < -0.4 is 5.32 Å². The van der Waals surface area contributed by atoms with Crippen molar-refractivity contribution >= 4 is 23.2 Å². The van der Waals surface area contributed by atoms with Crippen LogP contribution in [0.1, 0.15) is 54.1 Å². The molecule has 5 nitrogen and oxygen atoms in total. The van der Waals surface area contributed by atoms with Gasteiger partial charge in [0, 0.05) is 5.41 Å². The standard InChI is InChI=1S/C12H18N2O3S/c1-6-8(10(15)16)18-9(13-6)7(2)14-11(17)12(3,4)5/h7H,1-5H3,(H,14,17)(H,15,16). The first-order valence-corrected chi connectivity index (χ1v) is 6.46. The van der Waals surface area contributed by atoms with Crippen LogP contribution in [0, 0.1) is 12.3 Å². The van der Waals surface area contributed by atoms with Crippen LogP contribution in [0.25, 0.3) is 0 Å². The molecule has 0 aromatic carbocycles. The number of amides is 1. The molecule has 6 heteroatoms. The molecule has 1 rings (SSSR count). The first-order chi connectivity index (χ1) is 8.12. The molecule has 0 saturated carbocycles. The van der Waals surface area contributed by atoms with E-state index in [4.69, 9.17) is 5.11 Å². The van der Waals surface area contributed by atoms with E-state index in [1.165, 1.54) is 0 Å². The van der Waals surface area contributed by atoms with Crippen LogP contribution in [0.2, 0.25) is 0 Å². The van der Waals surface area contributed by atoms with Crippen LogP contribution >= 0.6 is 11.3 Å². The second-order valence-electron chi connectivity index (χ2n) is 5.22. The van der Waals surface area contributed by atoms with Crippen molar-refractivity contribution in [3.8, 4) is 0 Å². The molecule has 0 radical (unpaired) electrons. The maximum Gasteiger partial charge on any atom is 0.347 e. The molecule has 0 aliphatic rings. The third-order valence-electron chi connectivity index (χ3n) is 2.41. The number of aromatic nitrogens is 1. The molecule has 0 aliphatic heterocycles. The van der Waals surface area contributed by atoms with E-state index < -0.39 is 11.4 Å². The molecule has 0 aliphatic carbocycles. The van der Waals surface area contributed by atoms with Crippen molar-refractivity contribution in [3.63, 3.8) is 0 Å². The number of nitrogens with zero attached hydrogens (tertiary/aromatic N) is 1. The number of carbonyl (C=O) groups is 2. The molecule has 1 amide bonds. The van der Waals surface area contributed by atoms with Gasteiger partial charge in [0.15, 0.2) is 0 Å². The summed E-state index contributed by atoms with van der Waals surface area (Å²) in [6, 6.07) is -0.284. The highest BCUT2D eigenvalue weighted by molar-refractivity contribution is 7.13. The van der Waals surface area contributed by atoms with Crippen molar-refractivity contribution in [2.24, 2.45) is 5.41 Å². The number of rotatable bonds is 3. The summed E-state index contributed by atoms with van der Waals surface area (Å²) in [6.45, 7) is 8.93. The molecular weight excluding hydrogens is 252 g/mol. The Balaban J connectivity index is 2.86. The van der Waals surface area contributed by atoms with Crippen LogP contribution in [0.15, 0.2) is 0 Å². The molecule has 2 N–H and O–H groups in total. The Morgan fingerprint density at radius 2 is 1.94 bits per heavy atom. The topological polar surface area (TPSA) is 79.3 Å². The Hall–Kier alpha value is -1.43. The van der Waals surface area contributed by atoms with Gasteiger partial charge in [-0.1, -0.05) is 20.8 Å². The third-order valence-corrected chi connectivity index (χ3v) is 3.73. The maximum absolute atomic E-state index is 11.8. The predicted octanol–water partition coefficient (Wildman–Crippen LogP) is 2.37. The number of carboxylic acids is 1. The third kappa shape index (κ3) is 3.29. The van der Waals surface area contributed by atoms with Gasteiger partial charge in [-0.15, -0.1) is 11.3 Å². The van der Waals surface area contributed by atoms with Gasteiger partial charge in [-0.25, -0.2) is 9.78 Å². The number of hydrogen-bond donors (Lipinski definition) is 2. The fourth-order valence-corrected chi connectivity index (χ4v) is 2.18. The van der Waals surface area contributed by atoms with E-state index in [9.17, 15) is 9.59 Å². The second kappa shape index (κ2) is 5.06. The van der Waals surface area contributed by atoms with E-state index in [1.807, 2.05) is 20.8 Å². The minimum atomic E-state index is -0.981. The summed E-state index contributed by atoms with van der Waals surface area (Å²) in [5, 5.41) is 12.4. The number of nitrogens with one attached hydrogen (secondary N) is 1. The van der Waals surface area contributed by atoms with E-state index in [0.29, 0.717) is 10.7 Å². The fraction of sp³-hybridized carbons (Fsp3) is 0.583. The smallest absolute Gasteiger partial charge is 0.347 e. The normalized spacial score (nSPS) is 13.2. The molecule has 1 unspecified atom stereocenters. The van der Waals surface area contributed by atoms with Gasteiger partial charge in [0.25, 0.3) is 0 Å². The monoisotopic (exact) mass is 270 g/mol. The summed E-state index contributed by atoms with van der Waals surface area (Å²) in [5.41, 5.74) is 0.00952. The Morgan fingerprint density at radius 1 is 1.39 bits per heavy atom. The molecular formula is C12H18N2O3S. The van der Waals surface area contributed by atoms with Crippen LogP contribution in [-0.2, 0) is 4.79 Å². The van der Waals surface area contributed by atoms with Gasteiger partial charge in [-0.05, 0) is 13.8 Å². The quantitative estimate of drug-likeness (QED) is 0.883. The first-order valence-electron chi connectivity index (χ1n) is 5.64. The van der Waals surface area contributed by atoms with Crippen molar-refractivity contribution < 1.29 is 14.7 Å². The Bertz CT molecular complexity index is 474. The summed E-state index contributed by atoms with van der Waals surface area (Å²) in [4.78, 5) is 27.2. The van der Waals surface area contributed by atoms with E-state index in [-0.39, 0.29) is 16.8 Å². The lowest BCUT2D eigenvalue weighted by Crippen LogP contribution is -2.36. The van der Waals surface area contributed by atoms with Crippen molar-refractivity contribution in [3.05, 3.63) is 15.6 Å². The lowest BCUT2D eigenvalue weighted by Gasteiger charge is -2.20. The number of hydrogen-bond acceptors (Lipinski definition) is 4. The molecule has 18 heavy (non-hydrogen) atoms. The van der Waals surface area contributed by atoms with Gasteiger partial charge < -0.3 is 10.4 Å². The van der Waals surface area contributed by atoms with E-state index in [2.05, 4.69) is 10.3 Å². The molecule has 0 fully saturated rings. The number of aryl methyl sites for hydroxylation is 1. The van der Waals surface area contributed by atoms with Gasteiger partial charge in [0.2, 0.25) is 5.91 Å². The average Bonchev–Trinajstić information content (AvgIpc) is 2.58. The zero-order valence-electron chi connectivity index (χ0n) is 11.2. The minimum absolute atomic E-state index is 0.0836. The summed E-state index contributed by atoms with van der Waals surface area (Å²) < 4.78 is 0. The minimum Gasteiger partial charge on any atom is -0.477 e. The molecule has 1 aromatic heterocycles. The van der Waals surface area contributed by atoms with E-state index >= 15 is 0 Å². The molecule has 100 valence electrons. The summed E-state index contributed by atoms with van der Waals surface area (Å²) in [7, 11) is 0. The lowest BCUT2D eigenvalue weighted by atomic mass is 9.95.